The third-order valence-corrected chi connectivity index (χ3v) is 4.76. The van der Waals surface area contributed by atoms with Gasteiger partial charge in [0.1, 0.15) is 12.4 Å². The molecule has 1 atom stereocenters. The Morgan fingerprint density at radius 3 is 2.78 bits per heavy atom. The summed E-state index contributed by atoms with van der Waals surface area (Å²) in [4.78, 5) is 2.51. The van der Waals surface area contributed by atoms with Gasteiger partial charge in [-0.2, -0.15) is 0 Å². The van der Waals surface area contributed by atoms with E-state index in [4.69, 9.17) is 4.74 Å². The van der Waals surface area contributed by atoms with Gasteiger partial charge in [-0.3, -0.25) is 4.90 Å². The molecule has 1 fully saturated rings. The van der Waals surface area contributed by atoms with Crippen molar-refractivity contribution in [2.45, 2.75) is 12.8 Å². The average molecular weight is 377 g/mol. The van der Waals surface area contributed by atoms with Crippen LogP contribution in [0.15, 0.2) is 28.7 Å². The van der Waals surface area contributed by atoms with Gasteiger partial charge in [0.05, 0.1) is 0 Å². The van der Waals surface area contributed by atoms with E-state index in [1.165, 1.54) is 25.9 Å². The van der Waals surface area contributed by atoms with Gasteiger partial charge in [0, 0.05) is 22.9 Å². The molecule has 4 heteroatoms. The maximum Gasteiger partial charge on any atom is 0.119 e. The van der Waals surface area contributed by atoms with Gasteiger partial charge < -0.3 is 4.74 Å². The molecule has 0 spiro atoms. The van der Waals surface area contributed by atoms with Crippen molar-refractivity contribution in [1.82, 2.24) is 4.90 Å². The van der Waals surface area contributed by atoms with Crippen molar-refractivity contribution in [2.75, 3.05) is 31.6 Å². The molecule has 0 saturated carbocycles. The zero-order valence-corrected chi connectivity index (χ0v) is 13.6. The van der Waals surface area contributed by atoms with E-state index in [0.717, 1.165) is 34.6 Å². The summed E-state index contributed by atoms with van der Waals surface area (Å²) in [5, 5.41) is 1.12. The highest BCUT2D eigenvalue weighted by Gasteiger charge is 2.18. The van der Waals surface area contributed by atoms with E-state index in [9.17, 15) is 0 Å². The summed E-state index contributed by atoms with van der Waals surface area (Å²) in [5.74, 6) is 1.76. The van der Waals surface area contributed by atoms with Crippen molar-refractivity contribution in [3.05, 3.63) is 28.7 Å². The van der Waals surface area contributed by atoms with Gasteiger partial charge in [-0.05, 0) is 49.6 Å². The molecule has 1 saturated heterocycles. The summed E-state index contributed by atoms with van der Waals surface area (Å²) >= 11 is 7.01. The molecule has 1 aliphatic rings. The van der Waals surface area contributed by atoms with Crippen LogP contribution in [0, 0.1) is 5.92 Å². The third kappa shape index (κ3) is 4.56. The van der Waals surface area contributed by atoms with E-state index in [0.29, 0.717) is 0 Å². The standard InChI is InChI=1S/C14H19Br2NO/c15-10-12-2-1-7-17(11-12)8-9-18-14-5-3-13(16)4-6-14/h3-6,12H,1-2,7-11H2. The Labute approximate surface area is 126 Å². The van der Waals surface area contributed by atoms with E-state index < -0.39 is 0 Å². The normalized spacial score (nSPS) is 20.9. The SMILES string of the molecule is BrCC1CCCN(CCOc2ccc(Br)cc2)C1. The highest BCUT2D eigenvalue weighted by Crippen LogP contribution is 2.19. The number of rotatable bonds is 5. The molecular weight excluding hydrogens is 358 g/mol. The predicted molar refractivity (Wildman–Crippen MR) is 82.6 cm³/mol. The number of nitrogens with zero attached hydrogens (tertiary/aromatic N) is 1. The first-order valence-electron chi connectivity index (χ1n) is 6.44. The molecule has 0 aromatic heterocycles. The van der Waals surface area contributed by atoms with Crippen molar-refractivity contribution in [1.29, 1.82) is 0 Å². The Morgan fingerprint density at radius 2 is 2.06 bits per heavy atom. The van der Waals surface area contributed by atoms with Crippen molar-refractivity contribution in [2.24, 2.45) is 5.92 Å². The summed E-state index contributed by atoms with van der Waals surface area (Å²) in [5.41, 5.74) is 0. The second kappa shape index (κ2) is 7.51. The van der Waals surface area contributed by atoms with Crippen molar-refractivity contribution >= 4 is 31.9 Å². The third-order valence-electron chi connectivity index (χ3n) is 3.31. The van der Waals surface area contributed by atoms with Gasteiger partial charge in [-0.15, -0.1) is 0 Å². The minimum Gasteiger partial charge on any atom is -0.492 e. The van der Waals surface area contributed by atoms with Gasteiger partial charge >= 0.3 is 0 Å². The molecule has 1 aromatic rings. The molecule has 1 aliphatic heterocycles. The minimum atomic E-state index is 0.774. The maximum absolute atomic E-state index is 5.76. The van der Waals surface area contributed by atoms with Gasteiger partial charge in [-0.25, -0.2) is 0 Å². The number of hydrogen-bond donors (Lipinski definition) is 0. The molecule has 0 amide bonds. The molecule has 18 heavy (non-hydrogen) atoms. The van der Waals surface area contributed by atoms with Crippen LogP contribution in [0.2, 0.25) is 0 Å². The first-order valence-corrected chi connectivity index (χ1v) is 8.36. The molecule has 100 valence electrons. The summed E-state index contributed by atoms with van der Waals surface area (Å²) < 4.78 is 6.85. The van der Waals surface area contributed by atoms with Crippen LogP contribution in [0.3, 0.4) is 0 Å². The van der Waals surface area contributed by atoms with E-state index >= 15 is 0 Å². The van der Waals surface area contributed by atoms with E-state index in [2.05, 4.69) is 36.8 Å². The zero-order valence-electron chi connectivity index (χ0n) is 10.4. The van der Waals surface area contributed by atoms with Gasteiger partial charge in [-0.1, -0.05) is 31.9 Å². The van der Waals surface area contributed by atoms with Crippen molar-refractivity contribution < 1.29 is 4.74 Å². The molecule has 1 aromatic carbocycles. The van der Waals surface area contributed by atoms with Gasteiger partial charge in [0.15, 0.2) is 0 Å². The van der Waals surface area contributed by atoms with Gasteiger partial charge in [0.2, 0.25) is 0 Å². The summed E-state index contributed by atoms with van der Waals surface area (Å²) in [7, 11) is 0. The van der Waals surface area contributed by atoms with Crippen LogP contribution in [0.5, 0.6) is 5.75 Å². The monoisotopic (exact) mass is 375 g/mol. The number of piperidine rings is 1. The van der Waals surface area contributed by atoms with Crippen LogP contribution in [0.25, 0.3) is 0 Å². The van der Waals surface area contributed by atoms with Crippen LogP contribution < -0.4 is 4.74 Å². The van der Waals surface area contributed by atoms with Crippen LogP contribution in [0.4, 0.5) is 0 Å². The fourth-order valence-electron chi connectivity index (χ4n) is 2.30. The fraction of sp³-hybridized carbons (Fsp3) is 0.571. The zero-order chi connectivity index (χ0) is 12.8. The molecule has 0 bridgehead atoms. The Morgan fingerprint density at radius 1 is 1.28 bits per heavy atom. The largest absolute Gasteiger partial charge is 0.492 e. The topological polar surface area (TPSA) is 12.5 Å². The second-order valence-electron chi connectivity index (χ2n) is 4.77. The predicted octanol–water partition coefficient (Wildman–Crippen LogP) is 3.93. The molecule has 0 N–H and O–H groups in total. The van der Waals surface area contributed by atoms with E-state index in [-0.39, 0.29) is 0 Å². The lowest BCUT2D eigenvalue weighted by atomic mass is 10.0. The van der Waals surface area contributed by atoms with Crippen molar-refractivity contribution in [3.63, 3.8) is 0 Å². The lowest BCUT2D eigenvalue weighted by Gasteiger charge is -2.31. The second-order valence-corrected chi connectivity index (χ2v) is 6.33. The van der Waals surface area contributed by atoms with Crippen LogP contribution in [-0.4, -0.2) is 36.5 Å². The Bertz CT molecular complexity index is 355. The number of alkyl halides is 1. The Kier molecular flexibility index (Phi) is 5.99. The quantitative estimate of drug-likeness (QED) is 0.721. The number of benzene rings is 1. The maximum atomic E-state index is 5.76. The smallest absolute Gasteiger partial charge is 0.119 e. The average Bonchev–Trinajstić information content (AvgIpc) is 2.41. The molecule has 2 nitrogen and oxygen atoms in total. The van der Waals surface area contributed by atoms with Crippen molar-refractivity contribution in [3.8, 4) is 5.75 Å². The van der Waals surface area contributed by atoms with E-state index in [1.807, 2.05) is 24.3 Å². The summed E-state index contributed by atoms with van der Waals surface area (Å²) in [6.07, 6.45) is 2.67. The van der Waals surface area contributed by atoms with E-state index in [1.54, 1.807) is 0 Å². The highest BCUT2D eigenvalue weighted by atomic mass is 79.9. The molecule has 0 aliphatic carbocycles. The van der Waals surface area contributed by atoms with Crippen LogP contribution >= 0.6 is 31.9 Å². The first-order chi connectivity index (χ1) is 8.78. The molecule has 1 heterocycles. The number of hydrogen-bond acceptors (Lipinski definition) is 2. The van der Waals surface area contributed by atoms with Crippen LogP contribution in [-0.2, 0) is 0 Å². The molecule has 2 rings (SSSR count). The van der Waals surface area contributed by atoms with Gasteiger partial charge in [0.25, 0.3) is 0 Å². The number of ether oxygens (including phenoxy) is 1. The first kappa shape index (κ1) is 14.4. The highest BCUT2D eigenvalue weighted by molar-refractivity contribution is 9.10. The number of likely N-dealkylation sites (tertiary alicyclic amines) is 1. The Balaban J connectivity index is 1.70. The fourth-order valence-corrected chi connectivity index (χ4v) is 3.10. The van der Waals surface area contributed by atoms with Crippen LogP contribution in [0.1, 0.15) is 12.8 Å². The minimum absolute atomic E-state index is 0.774. The molecule has 0 radical (unpaired) electrons. The summed E-state index contributed by atoms with van der Waals surface area (Å²) in [6, 6.07) is 8.03. The molecule has 1 unspecified atom stereocenters. The Hall–Kier alpha value is -0.0600. The number of halogens is 2. The lowest BCUT2D eigenvalue weighted by molar-refractivity contribution is 0.155. The lowest BCUT2D eigenvalue weighted by Crippen LogP contribution is -2.38. The summed E-state index contributed by atoms with van der Waals surface area (Å²) in [6.45, 7) is 4.22. The molecular formula is C14H19Br2NO.